The lowest BCUT2D eigenvalue weighted by molar-refractivity contribution is -0.131. The smallest absolute Gasteiger partial charge is 0.337 e. The number of anilines is 1. The van der Waals surface area contributed by atoms with E-state index in [0.29, 0.717) is 5.69 Å². The van der Waals surface area contributed by atoms with Crippen LogP contribution in [0.25, 0.3) is 6.08 Å². The van der Waals surface area contributed by atoms with Crippen molar-refractivity contribution in [3.63, 3.8) is 0 Å². The van der Waals surface area contributed by atoms with E-state index in [4.69, 9.17) is 21.1 Å². The second kappa shape index (κ2) is 8.11. The van der Waals surface area contributed by atoms with Crippen LogP contribution in [0, 0.1) is 0 Å². The topological polar surface area (TPSA) is 121 Å². The summed E-state index contributed by atoms with van der Waals surface area (Å²) in [5, 5.41) is 25.7. The van der Waals surface area contributed by atoms with Crippen LogP contribution in [-0.2, 0) is 4.79 Å². The number of phenols is 1. The zero-order valence-corrected chi connectivity index (χ0v) is 11.5. The van der Waals surface area contributed by atoms with Crippen molar-refractivity contribution in [2.45, 2.75) is 0 Å². The van der Waals surface area contributed by atoms with Gasteiger partial charge in [0.1, 0.15) is 5.75 Å². The number of aliphatic carboxylic acids is 1. The Bertz CT molecular complexity index is 677. The largest absolute Gasteiger partial charge is 0.508 e. The number of carboxylic acids is 2. The summed E-state index contributed by atoms with van der Waals surface area (Å²) in [6, 6.07) is 12.6. The molecule has 0 amide bonds. The van der Waals surface area contributed by atoms with E-state index >= 15 is 0 Å². The first-order valence-electron chi connectivity index (χ1n) is 6.18. The lowest BCUT2D eigenvalue weighted by Gasteiger charge is -1.96. The summed E-state index contributed by atoms with van der Waals surface area (Å²) in [6.45, 7) is 0. The lowest BCUT2D eigenvalue weighted by Crippen LogP contribution is -2.00. The normalized spacial score (nSPS) is 9.82. The molecule has 22 heavy (non-hydrogen) atoms. The van der Waals surface area contributed by atoms with Crippen LogP contribution in [0.3, 0.4) is 0 Å². The van der Waals surface area contributed by atoms with Gasteiger partial charge in [-0.1, -0.05) is 24.3 Å². The van der Waals surface area contributed by atoms with Gasteiger partial charge in [0, 0.05) is 11.8 Å². The van der Waals surface area contributed by atoms with E-state index in [-0.39, 0.29) is 11.3 Å². The highest BCUT2D eigenvalue weighted by atomic mass is 16.4. The van der Waals surface area contributed by atoms with E-state index in [9.17, 15) is 9.59 Å². The minimum Gasteiger partial charge on any atom is -0.508 e. The molecule has 0 heterocycles. The van der Waals surface area contributed by atoms with Crippen LogP contribution in [0.4, 0.5) is 5.69 Å². The van der Waals surface area contributed by atoms with Crippen molar-refractivity contribution in [1.29, 1.82) is 0 Å². The Balaban J connectivity index is 0.000000224. The Kier molecular flexibility index (Phi) is 6.18. The Morgan fingerprint density at radius 2 is 1.55 bits per heavy atom. The zero-order valence-electron chi connectivity index (χ0n) is 11.5. The minimum atomic E-state index is -0.988. The maximum Gasteiger partial charge on any atom is 0.337 e. The van der Waals surface area contributed by atoms with Gasteiger partial charge in [-0.2, -0.15) is 0 Å². The molecule has 0 unspecified atom stereocenters. The Morgan fingerprint density at radius 1 is 0.955 bits per heavy atom. The van der Waals surface area contributed by atoms with Crippen molar-refractivity contribution in [2.24, 2.45) is 0 Å². The van der Waals surface area contributed by atoms with Crippen LogP contribution < -0.4 is 5.73 Å². The molecule has 0 atom stereocenters. The Hall–Kier alpha value is -3.28. The molecule has 0 radical (unpaired) electrons. The number of aromatic hydroxyl groups is 1. The van der Waals surface area contributed by atoms with Crippen LogP contribution >= 0.6 is 0 Å². The van der Waals surface area contributed by atoms with E-state index in [0.717, 1.165) is 11.6 Å². The Labute approximate surface area is 126 Å². The van der Waals surface area contributed by atoms with Crippen LogP contribution in [-0.4, -0.2) is 27.3 Å². The highest BCUT2D eigenvalue weighted by molar-refractivity contribution is 5.93. The van der Waals surface area contributed by atoms with Crippen molar-refractivity contribution in [3.8, 4) is 5.75 Å². The molecular formula is C16H15NO5. The molecule has 6 nitrogen and oxygen atoms in total. The molecule has 0 saturated carbocycles. The minimum absolute atomic E-state index is 0.155. The third-order valence-corrected chi connectivity index (χ3v) is 2.50. The van der Waals surface area contributed by atoms with Crippen molar-refractivity contribution in [1.82, 2.24) is 0 Å². The molecule has 0 aliphatic heterocycles. The van der Waals surface area contributed by atoms with Gasteiger partial charge in [0.15, 0.2) is 0 Å². The molecule has 0 aliphatic rings. The summed E-state index contributed by atoms with van der Waals surface area (Å²) in [5.74, 6) is -1.80. The van der Waals surface area contributed by atoms with Gasteiger partial charge in [-0.05, 0) is 35.9 Å². The highest BCUT2D eigenvalue weighted by Gasteiger charge is 2.03. The number of nitrogen functional groups attached to an aromatic ring is 1. The monoisotopic (exact) mass is 301 g/mol. The number of carbonyl (C=O) groups is 2. The fourth-order valence-electron chi connectivity index (χ4n) is 1.44. The third-order valence-electron chi connectivity index (χ3n) is 2.50. The standard InChI is InChI=1S/C9H8O3.C7H7NO2/c10-8-4-1-7(2-5-8)3-6-9(11)12;8-6-4-2-1-3-5(6)7(9)10/h1-6,10H,(H,11,12);1-4H,8H2,(H,9,10)/b6-3+;. The maximum atomic E-state index is 10.3. The first-order chi connectivity index (χ1) is 10.4. The van der Waals surface area contributed by atoms with Crippen molar-refractivity contribution in [3.05, 3.63) is 65.7 Å². The lowest BCUT2D eigenvalue weighted by atomic mass is 10.2. The summed E-state index contributed by atoms with van der Waals surface area (Å²) < 4.78 is 0. The van der Waals surface area contributed by atoms with Crippen LogP contribution in [0.1, 0.15) is 15.9 Å². The molecule has 2 aromatic carbocycles. The number of carboxylic acid groups (broad SMARTS) is 2. The van der Waals surface area contributed by atoms with E-state index in [1.54, 1.807) is 30.3 Å². The molecule has 5 N–H and O–H groups in total. The number of hydrogen-bond acceptors (Lipinski definition) is 4. The second-order valence-electron chi connectivity index (χ2n) is 4.16. The maximum absolute atomic E-state index is 10.3. The van der Waals surface area contributed by atoms with E-state index < -0.39 is 11.9 Å². The molecule has 2 rings (SSSR count). The van der Waals surface area contributed by atoms with Gasteiger partial charge in [-0.25, -0.2) is 9.59 Å². The summed E-state index contributed by atoms with van der Waals surface area (Å²) in [4.78, 5) is 20.4. The van der Waals surface area contributed by atoms with E-state index in [1.807, 2.05) is 0 Å². The van der Waals surface area contributed by atoms with E-state index in [1.165, 1.54) is 24.3 Å². The first-order valence-corrected chi connectivity index (χ1v) is 6.18. The highest BCUT2D eigenvalue weighted by Crippen LogP contribution is 2.10. The van der Waals surface area contributed by atoms with E-state index in [2.05, 4.69) is 0 Å². The third kappa shape index (κ3) is 5.79. The predicted molar refractivity (Wildman–Crippen MR) is 82.6 cm³/mol. The fraction of sp³-hybridized carbons (Fsp3) is 0. The number of rotatable bonds is 3. The Morgan fingerprint density at radius 3 is 2.00 bits per heavy atom. The molecule has 6 heteroatoms. The molecule has 0 aromatic heterocycles. The van der Waals surface area contributed by atoms with Gasteiger partial charge >= 0.3 is 11.9 Å². The van der Waals surface area contributed by atoms with Crippen molar-refractivity contribution in [2.75, 3.05) is 5.73 Å². The van der Waals surface area contributed by atoms with Gasteiger partial charge < -0.3 is 21.1 Å². The number of para-hydroxylation sites is 1. The number of phenolic OH excluding ortho intramolecular Hbond substituents is 1. The van der Waals surface area contributed by atoms with Crippen LogP contribution in [0.2, 0.25) is 0 Å². The molecule has 0 spiro atoms. The number of aromatic carboxylic acids is 1. The van der Waals surface area contributed by atoms with Gasteiger partial charge in [0.25, 0.3) is 0 Å². The molecule has 0 aliphatic carbocycles. The van der Waals surface area contributed by atoms with Gasteiger partial charge in [0.2, 0.25) is 0 Å². The average Bonchev–Trinajstić information content (AvgIpc) is 2.47. The summed E-state index contributed by atoms with van der Waals surface area (Å²) in [5.41, 5.74) is 6.54. The number of benzene rings is 2. The SMILES string of the molecule is Nc1ccccc1C(=O)O.O=C(O)/C=C/c1ccc(O)cc1. The van der Waals surface area contributed by atoms with Gasteiger partial charge in [-0.3, -0.25) is 0 Å². The van der Waals surface area contributed by atoms with Crippen LogP contribution in [0.15, 0.2) is 54.6 Å². The fourth-order valence-corrected chi connectivity index (χ4v) is 1.44. The summed E-state index contributed by atoms with van der Waals surface area (Å²) in [7, 11) is 0. The molecule has 0 saturated heterocycles. The first kappa shape index (κ1) is 16.8. The molecular weight excluding hydrogens is 286 g/mol. The van der Waals surface area contributed by atoms with Gasteiger partial charge in [0.05, 0.1) is 5.56 Å². The zero-order chi connectivity index (χ0) is 16.5. The average molecular weight is 301 g/mol. The van der Waals surface area contributed by atoms with Crippen molar-refractivity contribution >= 4 is 23.7 Å². The molecule has 2 aromatic rings. The van der Waals surface area contributed by atoms with Crippen LogP contribution in [0.5, 0.6) is 5.75 Å². The summed E-state index contributed by atoms with van der Waals surface area (Å²) >= 11 is 0. The number of nitrogens with two attached hydrogens (primary N) is 1. The second-order valence-corrected chi connectivity index (χ2v) is 4.16. The predicted octanol–water partition coefficient (Wildman–Crippen LogP) is 2.46. The summed E-state index contributed by atoms with van der Waals surface area (Å²) in [6.07, 6.45) is 2.51. The van der Waals surface area contributed by atoms with Crippen molar-refractivity contribution < 1.29 is 24.9 Å². The number of hydrogen-bond donors (Lipinski definition) is 4. The van der Waals surface area contributed by atoms with Gasteiger partial charge in [-0.15, -0.1) is 0 Å². The molecule has 0 fully saturated rings. The quantitative estimate of drug-likeness (QED) is 0.510. The molecule has 114 valence electrons. The molecule has 0 bridgehead atoms.